The van der Waals surface area contributed by atoms with E-state index in [-0.39, 0.29) is 24.0 Å². The lowest BCUT2D eigenvalue weighted by Gasteiger charge is -2.14. The molecular formula is C19H25IN6S2. The molecule has 2 N–H and O–H groups in total. The highest BCUT2D eigenvalue weighted by molar-refractivity contribution is 14.0. The minimum Gasteiger partial charge on any atom is -0.356 e. The van der Waals surface area contributed by atoms with Gasteiger partial charge in [-0.2, -0.15) is 5.10 Å². The molecule has 0 saturated carbocycles. The lowest BCUT2D eigenvalue weighted by atomic mass is 10.1. The van der Waals surface area contributed by atoms with E-state index in [0.717, 1.165) is 42.1 Å². The zero-order valence-electron chi connectivity index (χ0n) is 15.7. The Morgan fingerprint density at radius 2 is 2.04 bits per heavy atom. The van der Waals surface area contributed by atoms with E-state index >= 15 is 0 Å². The fraction of sp³-hybridized carbons (Fsp3) is 0.316. The van der Waals surface area contributed by atoms with Crippen LogP contribution in [0.4, 0.5) is 0 Å². The summed E-state index contributed by atoms with van der Waals surface area (Å²) in [6.07, 6.45) is 6.69. The molecule has 0 saturated heterocycles. The molecule has 2 aromatic heterocycles. The van der Waals surface area contributed by atoms with Crippen LogP contribution in [0.2, 0.25) is 0 Å². The summed E-state index contributed by atoms with van der Waals surface area (Å²) in [5.74, 6) is 1.87. The Morgan fingerprint density at radius 3 is 2.75 bits per heavy atom. The average Bonchev–Trinajstić information content (AvgIpc) is 3.39. The number of thioether (sulfide) groups is 1. The fourth-order valence-corrected chi connectivity index (χ4v) is 4.22. The Bertz CT molecular complexity index is 821. The molecule has 0 spiro atoms. The molecule has 0 bridgehead atoms. The maximum Gasteiger partial charge on any atom is 0.191 e. The Balaban J connectivity index is 0.00000280. The standard InChI is InChI=1S/C19H24N6S2.HI/c1-20-18(21-8-5-12-26-19-22-10-13-27-19)23-14-16-6-2-3-7-17(16)15-25-11-4-9-24-25;/h2-4,6-7,9-11,13H,5,8,12,14-15H2,1H3,(H2,20,21,23);1H. The van der Waals surface area contributed by atoms with Crippen molar-refractivity contribution in [3.05, 3.63) is 65.4 Å². The van der Waals surface area contributed by atoms with Crippen LogP contribution in [0, 0.1) is 0 Å². The van der Waals surface area contributed by atoms with Gasteiger partial charge in [-0.05, 0) is 23.6 Å². The van der Waals surface area contributed by atoms with Crippen LogP contribution in [0.15, 0.2) is 63.6 Å². The second-order valence-corrected chi connectivity index (χ2v) is 8.06. The number of halogens is 1. The number of hydrogen-bond acceptors (Lipinski definition) is 5. The molecule has 0 aliphatic heterocycles. The molecule has 0 aliphatic carbocycles. The van der Waals surface area contributed by atoms with E-state index < -0.39 is 0 Å². The summed E-state index contributed by atoms with van der Waals surface area (Å²) in [7, 11) is 1.80. The third-order valence-corrected chi connectivity index (χ3v) is 5.98. The van der Waals surface area contributed by atoms with Crippen molar-refractivity contribution in [2.75, 3.05) is 19.3 Å². The topological polar surface area (TPSA) is 67.1 Å². The molecule has 0 aliphatic rings. The third-order valence-electron chi connectivity index (χ3n) is 3.93. The number of rotatable bonds is 9. The molecule has 0 radical (unpaired) electrons. The van der Waals surface area contributed by atoms with Crippen molar-refractivity contribution in [3.63, 3.8) is 0 Å². The Labute approximate surface area is 191 Å². The number of thiazole rings is 1. The van der Waals surface area contributed by atoms with Crippen LogP contribution in [0.3, 0.4) is 0 Å². The van der Waals surface area contributed by atoms with Gasteiger partial charge in [0.2, 0.25) is 0 Å². The first-order chi connectivity index (χ1) is 13.3. The number of aromatic nitrogens is 3. The van der Waals surface area contributed by atoms with Crippen LogP contribution in [0.1, 0.15) is 17.5 Å². The molecule has 0 unspecified atom stereocenters. The Morgan fingerprint density at radius 1 is 1.18 bits per heavy atom. The van der Waals surface area contributed by atoms with Gasteiger partial charge in [0, 0.05) is 49.9 Å². The summed E-state index contributed by atoms with van der Waals surface area (Å²) < 4.78 is 3.07. The normalized spacial score (nSPS) is 11.1. The molecular weight excluding hydrogens is 503 g/mol. The highest BCUT2D eigenvalue weighted by Gasteiger charge is 2.05. The first-order valence-corrected chi connectivity index (χ1v) is 10.7. The maximum absolute atomic E-state index is 4.32. The van der Waals surface area contributed by atoms with E-state index in [4.69, 9.17) is 0 Å². The molecule has 150 valence electrons. The smallest absolute Gasteiger partial charge is 0.191 e. The number of hydrogen-bond donors (Lipinski definition) is 2. The van der Waals surface area contributed by atoms with E-state index in [2.05, 4.69) is 50.0 Å². The quantitative estimate of drug-likeness (QED) is 0.145. The second-order valence-electron chi connectivity index (χ2n) is 5.82. The van der Waals surface area contributed by atoms with Crippen molar-refractivity contribution in [1.29, 1.82) is 0 Å². The predicted octanol–water partition coefficient (Wildman–Crippen LogP) is 3.85. The highest BCUT2D eigenvalue weighted by Crippen LogP contribution is 2.20. The molecule has 2 heterocycles. The van der Waals surface area contributed by atoms with Gasteiger partial charge in [0.25, 0.3) is 0 Å². The van der Waals surface area contributed by atoms with Gasteiger partial charge in [-0.25, -0.2) is 4.98 Å². The summed E-state index contributed by atoms with van der Waals surface area (Å²) in [4.78, 5) is 8.60. The number of benzene rings is 1. The van der Waals surface area contributed by atoms with Crippen LogP contribution in [0.5, 0.6) is 0 Å². The molecule has 9 heteroatoms. The van der Waals surface area contributed by atoms with Crippen LogP contribution >= 0.6 is 47.1 Å². The summed E-state index contributed by atoms with van der Waals surface area (Å²) in [5, 5.41) is 13.1. The largest absolute Gasteiger partial charge is 0.356 e. The molecule has 0 fully saturated rings. The molecule has 3 rings (SSSR count). The van der Waals surface area contributed by atoms with Gasteiger partial charge in [0.15, 0.2) is 5.96 Å². The first kappa shape index (κ1) is 22.7. The van der Waals surface area contributed by atoms with Gasteiger partial charge in [0.1, 0.15) is 4.34 Å². The number of guanidine groups is 1. The van der Waals surface area contributed by atoms with Crippen LogP contribution in [-0.2, 0) is 13.1 Å². The number of aliphatic imine (C=N–C) groups is 1. The predicted molar refractivity (Wildman–Crippen MR) is 129 cm³/mol. The van der Waals surface area contributed by atoms with Crippen molar-refractivity contribution in [2.45, 2.75) is 23.8 Å². The van der Waals surface area contributed by atoms with Gasteiger partial charge in [-0.1, -0.05) is 36.0 Å². The van der Waals surface area contributed by atoms with E-state index in [0.29, 0.717) is 0 Å². The second kappa shape index (κ2) is 12.8. The van der Waals surface area contributed by atoms with E-state index in [1.54, 1.807) is 36.3 Å². The highest BCUT2D eigenvalue weighted by atomic mass is 127. The molecule has 3 aromatic rings. The van der Waals surface area contributed by atoms with E-state index in [1.165, 1.54) is 11.1 Å². The summed E-state index contributed by atoms with van der Waals surface area (Å²) in [6, 6.07) is 10.4. The SMILES string of the molecule is CN=C(NCCCSc1nccs1)NCc1ccccc1Cn1cccn1.I. The van der Waals surface area contributed by atoms with Crippen molar-refractivity contribution < 1.29 is 0 Å². The summed E-state index contributed by atoms with van der Waals surface area (Å²) >= 11 is 3.49. The van der Waals surface area contributed by atoms with Gasteiger partial charge < -0.3 is 10.6 Å². The molecule has 28 heavy (non-hydrogen) atoms. The zero-order chi connectivity index (χ0) is 18.7. The van der Waals surface area contributed by atoms with Crippen molar-refractivity contribution in [3.8, 4) is 0 Å². The number of nitrogens with zero attached hydrogens (tertiary/aromatic N) is 4. The van der Waals surface area contributed by atoms with Crippen molar-refractivity contribution in [1.82, 2.24) is 25.4 Å². The lowest BCUT2D eigenvalue weighted by Crippen LogP contribution is -2.37. The van der Waals surface area contributed by atoms with E-state index in [9.17, 15) is 0 Å². The van der Waals surface area contributed by atoms with Gasteiger partial charge in [-0.3, -0.25) is 9.67 Å². The fourth-order valence-electron chi connectivity index (χ4n) is 2.57. The summed E-state index contributed by atoms with van der Waals surface area (Å²) in [6.45, 7) is 2.38. The molecule has 0 atom stereocenters. The van der Waals surface area contributed by atoms with Gasteiger partial charge in [-0.15, -0.1) is 35.3 Å². The van der Waals surface area contributed by atoms with Crippen LogP contribution < -0.4 is 10.6 Å². The van der Waals surface area contributed by atoms with E-state index in [1.807, 2.05) is 28.5 Å². The van der Waals surface area contributed by atoms with Crippen LogP contribution in [-0.4, -0.2) is 40.1 Å². The monoisotopic (exact) mass is 528 g/mol. The Hall–Kier alpha value is -1.59. The average molecular weight is 528 g/mol. The van der Waals surface area contributed by atoms with Gasteiger partial charge >= 0.3 is 0 Å². The first-order valence-electron chi connectivity index (χ1n) is 8.86. The summed E-state index contributed by atoms with van der Waals surface area (Å²) in [5.41, 5.74) is 2.50. The van der Waals surface area contributed by atoms with Crippen LogP contribution in [0.25, 0.3) is 0 Å². The molecule has 0 amide bonds. The Kier molecular flexibility index (Phi) is 10.4. The minimum atomic E-state index is 0. The van der Waals surface area contributed by atoms with Gasteiger partial charge in [0.05, 0.1) is 6.54 Å². The zero-order valence-corrected chi connectivity index (χ0v) is 19.7. The maximum atomic E-state index is 4.32. The minimum absolute atomic E-state index is 0. The molecule has 6 nitrogen and oxygen atoms in total. The van der Waals surface area contributed by atoms with Crippen molar-refractivity contribution >= 4 is 53.0 Å². The lowest BCUT2D eigenvalue weighted by molar-refractivity contribution is 0.677. The third kappa shape index (κ3) is 7.44. The number of nitrogens with one attached hydrogen (secondary N) is 2. The molecule has 1 aromatic carbocycles. The van der Waals surface area contributed by atoms with Crippen molar-refractivity contribution in [2.24, 2.45) is 4.99 Å².